The Hall–Kier alpha value is -4.08. The number of pyridine rings is 2. The van der Waals surface area contributed by atoms with Gasteiger partial charge in [-0.2, -0.15) is 13.2 Å². The van der Waals surface area contributed by atoms with Gasteiger partial charge in [0.15, 0.2) is 12.4 Å². The summed E-state index contributed by atoms with van der Waals surface area (Å²) in [6, 6.07) is 6.70. The maximum Gasteiger partial charge on any atom is 0.422 e. The fourth-order valence-electron chi connectivity index (χ4n) is 3.03. The van der Waals surface area contributed by atoms with Gasteiger partial charge in [0.05, 0.1) is 11.4 Å². The van der Waals surface area contributed by atoms with Crippen LogP contribution in [0.5, 0.6) is 11.6 Å². The van der Waals surface area contributed by atoms with E-state index in [-0.39, 0.29) is 12.4 Å². The second-order valence-corrected chi connectivity index (χ2v) is 7.57. The van der Waals surface area contributed by atoms with Gasteiger partial charge in [-0.3, -0.25) is 4.98 Å². The van der Waals surface area contributed by atoms with Gasteiger partial charge in [-0.1, -0.05) is 30.0 Å². The Morgan fingerprint density at radius 1 is 1.20 bits per heavy atom. The van der Waals surface area contributed by atoms with Gasteiger partial charge in [-0.05, 0) is 31.6 Å². The molecule has 10 heteroatoms. The van der Waals surface area contributed by atoms with Crippen LogP contribution in [0.4, 0.5) is 13.2 Å². The summed E-state index contributed by atoms with van der Waals surface area (Å²) in [6.45, 7) is 5.93. The largest absolute Gasteiger partial charge is 0.484 e. The van der Waals surface area contributed by atoms with E-state index in [1.807, 2.05) is 25.1 Å². The lowest BCUT2D eigenvalue weighted by molar-refractivity contribution is -0.153. The summed E-state index contributed by atoms with van der Waals surface area (Å²) in [7, 11) is 0. The number of rotatable bonds is 10. The topological polar surface area (TPSA) is 96.3 Å². The minimum Gasteiger partial charge on any atom is -0.484 e. The smallest absolute Gasteiger partial charge is 0.422 e. The molecule has 0 aliphatic carbocycles. The molecule has 0 aromatic carbocycles. The standard InChI is InChI=1S/C25H25F3N4O3/c1-4-5-6-20(17(3)29)23-12-19(32-35-23)11-18-7-8-24(31-13-18)33-14-21-16(2)22(9-10-30-21)34-15-25(26,27)28/h4-10,12-13H,3,11,14-15,29H2,1-2H3/b5-4-,20-6+. The first-order valence-electron chi connectivity index (χ1n) is 10.6. The molecule has 0 unspecified atom stereocenters. The molecule has 0 aliphatic rings. The molecular formula is C25H25F3N4O3. The van der Waals surface area contributed by atoms with E-state index in [0.717, 1.165) is 5.56 Å². The highest BCUT2D eigenvalue weighted by Gasteiger charge is 2.28. The summed E-state index contributed by atoms with van der Waals surface area (Å²) in [5, 5.41) is 4.08. The number of halogens is 3. The Kier molecular flexibility index (Phi) is 8.30. The first-order valence-corrected chi connectivity index (χ1v) is 10.6. The lowest BCUT2D eigenvalue weighted by atomic mass is 10.1. The average molecular weight is 486 g/mol. The molecule has 0 bridgehead atoms. The van der Waals surface area contributed by atoms with Crippen LogP contribution in [0.3, 0.4) is 0 Å². The van der Waals surface area contributed by atoms with Crippen LogP contribution in [-0.4, -0.2) is 27.9 Å². The van der Waals surface area contributed by atoms with E-state index < -0.39 is 12.8 Å². The summed E-state index contributed by atoms with van der Waals surface area (Å²) in [6.07, 6.45) is 4.58. The molecule has 7 nitrogen and oxygen atoms in total. The second-order valence-electron chi connectivity index (χ2n) is 7.57. The Morgan fingerprint density at radius 3 is 2.66 bits per heavy atom. The molecule has 3 aromatic rings. The number of aromatic nitrogens is 3. The molecule has 0 fully saturated rings. The van der Waals surface area contributed by atoms with E-state index in [4.69, 9.17) is 19.7 Å². The lowest BCUT2D eigenvalue weighted by Crippen LogP contribution is -2.20. The summed E-state index contributed by atoms with van der Waals surface area (Å²) >= 11 is 0. The number of hydrogen-bond donors (Lipinski definition) is 1. The molecule has 0 aliphatic heterocycles. The molecule has 0 spiro atoms. The number of nitrogens with two attached hydrogens (primary N) is 1. The minimum atomic E-state index is -4.42. The van der Waals surface area contributed by atoms with Crippen LogP contribution in [-0.2, 0) is 13.0 Å². The van der Waals surface area contributed by atoms with E-state index >= 15 is 0 Å². The number of ether oxygens (including phenoxy) is 2. The van der Waals surface area contributed by atoms with Crippen LogP contribution in [0.15, 0.2) is 71.7 Å². The van der Waals surface area contributed by atoms with Crippen molar-refractivity contribution in [2.75, 3.05) is 6.61 Å². The zero-order chi connectivity index (χ0) is 25.4. The van der Waals surface area contributed by atoms with E-state index in [9.17, 15) is 13.2 Å². The number of alkyl halides is 3. The SMILES string of the molecule is C=C(N)/C(=C\C=C/C)c1cc(Cc2ccc(OCc3nccc(OCC(F)(F)F)c3C)nc2)no1. The Bertz CT molecular complexity index is 1220. The monoisotopic (exact) mass is 486 g/mol. The summed E-state index contributed by atoms with van der Waals surface area (Å²) in [5.41, 5.74) is 9.36. The summed E-state index contributed by atoms with van der Waals surface area (Å²) in [5.74, 6) is 0.962. The third-order valence-electron chi connectivity index (χ3n) is 4.82. The van der Waals surface area contributed by atoms with Crippen LogP contribution in [0, 0.1) is 6.92 Å². The van der Waals surface area contributed by atoms with E-state index in [1.54, 1.807) is 31.3 Å². The highest BCUT2D eigenvalue weighted by molar-refractivity contribution is 5.75. The van der Waals surface area contributed by atoms with Crippen LogP contribution in [0.1, 0.15) is 35.2 Å². The number of allylic oxidation sites excluding steroid dienone is 4. The molecule has 35 heavy (non-hydrogen) atoms. The van der Waals surface area contributed by atoms with Gasteiger partial charge in [-0.25, -0.2) is 4.98 Å². The minimum absolute atomic E-state index is 0.0261. The fourth-order valence-corrected chi connectivity index (χ4v) is 3.03. The molecule has 0 saturated carbocycles. The average Bonchev–Trinajstić information content (AvgIpc) is 3.26. The molecule has 0 atom stereocenters. The first kappa shape index (κ1) is 25.5. The van der Waals surface area contributed by atoms with Crippen molar-refractivity contribution in [2.45, 2.75) is 33.1 Å². The van der Waals surface area contributed by atoms with E-state index in [2.05, 4.69) is 21.7 Å². The van der Waals surface area contributed by atoms with Gasteiger partial charge in [0.2, 0.25) is 5.88 Å². The third kappa shape index (κ3) is 7.46. The lowest BCUT2D eigenvalue weighted by Gasteiger charge is -2.13. The molecule has 3 aromatic heterocycles. The van der Waals surface area contributed by atoms with Crippen molar-refractivity contribution in [2.24, 2.45) is 5.73 Å². The van der Waals surface area contributed by atoms with Gasteiger partial charge in [0.1, 0.15) is 12.4 Å². The molecule has 184 valence electrons. The van der Waals surface area contributed by atoms with Crippen molar-refractivity contribution in [1.29, 1.82) is 0 Å². The van der Waals surface area contributed by atoms with Crippen LogP contribution >= 0.6 is 0 Å². The maximum atomic E-state index is 12.4. The van der Waals surface area contributed by atoms with Gasteiger partial charge in [-0.15, -0.1) is 0 Å². The van der Waals surface area contributed by atoms with Gasteiger partial charge in [0, 0.05) is 47.8 Å². The molecule has 3 rings (SSSR count). The Morgan fingerprint density at radius 2 is 2.00 bits per heavy atom. The number of nitrogens with zero attached hydrogens (tertiary/aromatic N) is 3. The maximum absolute atomic E-state index is 12.4. The summed E-state index contributed by atoms with van der Waals surface area (Å²) in [4.78, 5) is 8.44. The van der Waals surface area contributed by atoms with Crippen molar-refractivity contribution < 1.29 is 27.2 Å². The van der Waals surface area contributed by atoms with Crippen LogP contribution in [0.2, 0.25) is 0 Å². The Labute approximate surface area is 200 Å². The van der Waals surface area contributed by atoms with Crippen molar-refractivity contribution in [3.63, 3.8) is 0 Å². The highest BCUT2D eigenvalue weighted by atomic mass is 19.4. The molecule has 2 N–H and O–H groups in total. The van der Waals surface area contributed by atoms with Crippen LogP contribution < -0.4 is 15.2 Å². The number of hydrogen-bond acceptors (Lipinski definition) is 7. The van der Waals surface area contributed by atoms with Crippen molar-refractivity contribution in [1.82, 2.24) is 15.1 Å². The molecule has 0 saturated heterocycles. The van der Waals surface area contributed by atoms with E-state index in [1.165, 1.54) is 12.3 Å². The van der Waals surface area contributed by atoms with Crippen molar-refractivity contribution in [3.05, 3.63) is 95.4 Å². The predicted octanol–water partition coefficient (Wildman–Crippen LogP) is 5.32. The third-order valence-corrected chi connectivity index (χ3v) is 4.82. The fraction of sp³-hybridized carbons (Fsp3) is 0.240. The molecule has 0 radical (unpaired) electrons. The Balaban J connectivity index is 1.61. The van der Waals surface area contributed by atoms with Crippen LogP contribution in [0.25, 0.3) is 5.57 Å². The zero-order valence-corrected chi connectivity index (χ0v) is 19.3. The quantitative estimate of drug-likeness (QED) is 0.388. The zero-order valence-electron chi connectivity index (χ0n) is 19.3. The van der Waals surface area contributed by atoms with Gasteiger partial charge >= 0.3 is 6.18 Å². The molecule has 3 heterocycles. The highest BCUT2D eigenvalue weighted by Crippen LogP contribution is 2.24. The van der Waals surface area contributed by atoms with Gasteiger partial charge < -0.3 is 19.7 Å². The predicted molar refractivity (Wildman–Crippen MR) is 125 cm³/mol. The molecular weight excluding hydrogens is 461 g/mol. The first-order chi connectivity index (χ1) is 16.7. The van der Waals surface area contributed by atoms with Crippen molar-refractivity contribution in [3.8, 4) is 11.6 Å². The normalized spacial score (nSPS) is 12.2. The second kappa shape index (κ2) is 11.4. The molecule has 0 amide bonds. The van der Waals surface area contributed by atoms with Crippen molar-refractivity contribution >= 4 is 5.57 Å². The van der Waals surface area contributed by atoms with Gasteiger partial charge in [0.25, 0.3) is 0 Å². The van der Waals surface area contributed by atoms with E-state index in [0.29, 0.717) is 46.3 Å². The summed E-state index contributed by atoms with van der Waals surface area (Å²) < 4.78 is 53.2.